The van der Waals surface area contributed by atoms with E-state index in [2.05, 4.69) is 21.0 Å². The van der Waals surface area contributed by atoms with Gasteiger partial charge < -0.3 is 34.3 Å². The second kappa shape index (κ2) is 27.5. The summed E-state index contributed by atoms with van der Waals surface area (Å²) >= 11 is 0. The normalized spacial score (nSPS) is 14.1. The van der Waals surface area contributed by atoms with Crippen LogP contribution in [-0.4, -0.2) is 123 Å². The molecule has 0 saturated carbocycles. The molecule has 0 bridgehead atoms. The van der Waals surface area contributed by atoms with Crippen molar-refractivity contribution in [2.24, 2.45) is 0 Å². The van der Waals surface area contributed by atoms with Crippen molar-refractivity contribution >= 4 is 15.6 Å². The molecule has 2 unspecified atom stereocenters. The molecule has 2 aromatic carbocycles. The van der Waals surface area contributed by atoms with Gasteiger partial charge in [0.25, 0.3) is 0 Å². The molecular formula is C40H74N2O12P2+2. The van der Waals surface area contributed by atoms with Crippen LogP contribution >= 0.6 is 15.6 Å². The highest BCUT2D eigenvalue weighted by molar-refractivity contribution is 7.48. The first-order valence-corrected chi connectivity index (χ1v) is 23.0. The minimum Gasteiger partial charge on any atom is -0.504 e. The Labute approximate surface area is 336 Å². The summed E-state index contributed by atoms with van der Waals surface area (Å²) in [6.07, 6.45) is 15.5. The van der Waals surface area contributed by atoms with Crippen LogP contribution in [0.25, 0.3) is 0 Å². The summed E-state index contributed by atoms with van der Waals surface area (Å²) in [5.74, 6) is -0.657. The van der Waals surface area contributed by atoms with E-state index in [1.807, 2.05) is 21.1 Å². The Morgan fingerprint density at radius 2 is 0.964 bits per heavy atom. The molecule has 0 spiro atoms. The zero-order valence-electron chi connectivity index (χ0n) is 35.2. The Hall–Kier alpha value is -2.22. The average Bonchev–Trinajstić information content (AvgIpc) is 3.12. The van der Waals surface area contributed by atoms with Gasteiger partial charge in [-0.1, -0.05) is 70.4 Å². The van der Waals surface area contributed by atoms with Crippen molar-refractivity contribution in [2.75, 3.05) is 88.4 Å². The predicted octanol–water partition coefficient (Wildman–Crippen LogP) is 8.69. The monoisotopic (exact) mass is 836 g/mol. The van der Waals surface area contributed by atoms with Crippen molar-refractivity contribution < 1.29 is 66.0 Å². The topological polar surface area (TPSA) is 181 Å². The van der Waals surface area contributed by atoms with Crippen molar-refractivity contribution in [2.45, 2.75) is 96.8 Å². The lowest BCUT2D eigenvalue weighted by Crippen LogP contribution is -2.42. The molecule has 0 fully saturated rings. The second-order valence-electron chi connectivity index (χ2n) is 15.9. The Balaban J connectivity index is 0.000000614. The molecule has 2 aromatic rings. The summed E-state index contributed by atoms with van der Waals surface area (Å²) in [5.41, 5.74) is 1.66. The Bertz CT molecular complexity index is 1450. The number of hydrogen-bond acceptors (Lipinski definition) is 11. The summed E-state index contributed by atoms with van der Waals surface area (Å²) in [4.78, 5) is 9.52. The van der Waals surface area contributed by atoms with Gasteiger partial charge in [-0.3, -0.25) is 22.6 Å². The van der Waals surface area contributed by atoms with Crippen LogP contribution in [0, 0.1) is 0 Å². The number of unbranched alkanes of at least 4 members (excludes halogenated alkanes) is 9. The highest BCUT2D eigenvalue weighted by Gasteiger charge is 2.27. The van der Waals surface area contributed by atoms with E-state index in [1.54, 1.807) is 12.1 Å². The summed E-state index contributed by atoms with van der Waals surface area (Å²) < 4.78 is 51.5. The second-order valence-corrected chi connectivity index (χ2v) is 19.1. The SMILES string of the molecule is CCCCCCCCCCCC[N+](C)(C)CCOP(=O)(OC)OCCCc1ccc(O)c(O)c1.C[N+](C)(C)CCOP(=O)(O)OCCCc1ccc(O)c(O)c1. The number of phenols is 4. The van der Waals surface area contributed by atoms with Gasteiger partial charge in [0.15, 0.2) is 23.0 Å². The lowest BCUT2D eigenvalue weighted by molar-refractivity contribution is -0.890. The molecule has 0 amide bonds. The maximum absolute atomic E-state index is 12.7. The number of aryl methyl sites for hydroxylation is 2. The van der Waals surface area contributed by atoms with Crippen LogP contribution in [0.1, 0.15) is 95.1 Å². The minimum atomic E-state index is -4.02. The van der Waals surface area contributed by atoms with Crippen molar-refractivity contribution in [3.05, 3.63) is 47.5 Å². The van der Waals surface area contributed by atoms with Gasteiger partial charge in [0.2, 0.25) is 0 Å². The van der Waals surface area contributed by atoms with Crippen molar-refractivity contribution in [1.29, 1.82) is 0 Å². The Kier molecular flexibility index (Phi) is 25.4. The molecule has 0 aliphatic heterocycles. The Morgan fingerprint density at radius 1 is 0.536 bits per heavy atom. The maximum atomic E-state index is 12.7. The molecular weight excluding hydrogens is 762 g/mol. The summed E-state index contributed by atoms with van der Waals surface area (Å²) in [7, 11) is 3.95. The molecule has 0 heterocycles. The molecule has 56 heavy (non-hydrogen) atoms. The molecule has 2 atom stereocenters. The van der Waals surface area contributed by atoms with Crippen LogP contribution in [0.4, 0.5) is 0 Å². The van der Waals surface area contributed by atoms with E-state index in [0.29, 0.717) is 43.3 Å². The fourth-order valence-electron chi connectivity index (χ4n) is 5.51. The quantitative estimate of drug-likeness (QED) is 0.0219. The van der Waals surface area contributed by atoms with E-state index in [0.717, 1.165) is 28.7 Å². The third kappa shape index (κ3) is 25.9. The number of likely N-dealkylation sites (N-methyl/N-ethyl adjacent to an activating group) is 2. The van der Waals surface area contributed by atoms with Crippen LogP contribution in [0.5, 0.6) is 23.0 Å². The standard InChI is InChI=1S/C26H48NO6P.C14H24NO6P/c1-5-6-7-8-9-10-11-12-13-14-19-27(2,3)20-22-33-34(30,31-4)32-21-15-16-24-17-18-25(28)26(29)23-24;1-15(2,3)8-10-21-22(18,19)20-9-4-5-12-6-7-13(16)14(17)11-12/h17-18,23H,5-16,19-22H2,1-4H3,(H-,28,29);6-7,11H,4-5,8-10H2,1-3H3,(H2-,16,17,18,19)/p+2. The number of benzene rings is 2. The third-order valence-corrected chi connectivity index (χ3v) is 11.6. The van der Waals surface area contributed by atoms with Gasteiger partial charge in [-0.25, -0.2) is 9.13 Å². The van der Waals surface area contributed by atoms with Gasteiger partial charge in [0, 0.05) is 7.11 Å². The van der Waals surface area contributed by atoms with Gasteiger partial charge in [0.1, 0.15) is 26.3 Å². The van der Waals surface area contributed by atoms with Gasteiger partial charge >= 0.3 is 15.6 Å². The molecule has 0 aliphatic rings. The van der Waals surface area contributed by atoms with Gasteiger partial charge in [0.05, 0.1) is 55.0 Å². The van der Waals surface area contributed by atoms with Crippen LogP contribution in [0.3, 0.4) is 0 Å². The molecule has 324 valence electrons. The molecule has 16 heteroatoms. The molecule has 0 radical (unpaired) electrons. The lowest BCUT2D eigenvalue weighted by atomic mass is 10.1. The predicted molar refractivity (Wildman–Crippen MR) is 221 cm³/mol. The number of hydrogen-bond donors (Lipinski definition) is 5. The van der Waals surface area contributed by atoms with Crippen LogP contribution < -0.4 is 0 Å². The summed E-state index contributed by atoms with van der Waals surface area (Å²) in [6, 6.07) is 9.21. The molecule has 5 N–H and O–H groups in total. The highest BCUT2D eigenvalue weighted by Crippen LogP contribution is 2.48. The number of phosphoric ester groups is 2. The van der Waals surface area contributed by atoms with E-state index < -0.39 is 15.6 Å². The van der Waals surface area contributed by atoms with E-state index in [1.165, 1.54) is 95.6 Å². The largest absolute Gasteiger partial charge is 0.504 e. The first-order chi connectivity index (χ1) is 26.3. The fraction of sp³-hybridized carbons (Fsp3) is 0.700. The minimum absolute atomic E-state index is 0.0692. The van der Waals surface area contributed by atoms with Crippen LogP contribution in [0.2, 0.25) is 0 Å². The number of nitrogens with zero attached hydrogens (tertiary/aromatic N) is 2. The maximum Gasteiger partial charge on any atom is 0.474 e. The number of quaternary nitrogens is 2. The zero-order chi connectivity index (χ0) is 42.1. The summed E-state index contributed by atoms with van der Waals surface area (Å²) in [6.45, 7) is 5.39. The smallest absolute Gasteiger partial charge is 0.474 e. The first kappa shape index (κ1) is 51.8. The van der Waals surface area contributed by atoms with Gasteiger partial charge in [-0.05, 0) is 73.9 Å². The number of phosphoric acid groups is 2. The third-order valence-electron chi connectivity index (χ3n) is 9.11. The number of aromatic hydroxyl groups is 4. The number of phenolic OH excluding ortho intramolecular Hbond substituents is 4. The van der Waals surface area contributed by atoms with Crippen LogP contribution in [-0.2, 0) is 44.6 Å². The van der Waals surface area contributed by atoms with Gasteiger partial charge in [-0.2, -0.15) is 0 Å². The average molecular weight is 837 g/mol. The Morgan fingerprint density at radius 3 is 1.43 bits per heavy atom. The molecule has 0 aliphatic carbocycles. The van der Waals surface area contributed by atoms with Crippen molar-refractivity contribution in [1.82, 2.24) is 0 Å². The van der Waals surface area contributed by atoms with E-state index in [4.69, 9.17) is 22.6 Å². The van der Waals surface area contributed by atoms with Crippen molar-refractivity contribution in [3.8, 4) is 23.0 Å². The van der Waals surface area contributed by atoms with E-state index in [-0.39, 0.29) is 42.8 Å². The molecule has 0 aromatic heterocycles. The van der Waals surface area contributed by atoms with Crippen LogP contribution in [0.15, 0.2) is 36.4 Å². The molecule has 14 nitrogen and oxygen atoms in total. The fourth-order valence-corrected chi connectivity index (χ4v) is 7.20. The molecule has 0 saturated heterocycles. The summed E-state index contributed by atoms with van der Waals surface area (Å²) in [5, 5.41) is 37.5. The lowest BCUT2D eigenvalue weighted by Gasteiger charge is -2.30. The molecule has 2 rings (SSSR count). The van der Waals surface area contributed by atoms with Gasteiger partial charge in [-0.15, -0.1) is 0 Å². The zero-order valence-corrected chi connectivity index (χ0v) is 37.0. The van der Waals surface area contributed by atoms with Crippen molar-refractivity contribution in [3.63, 3.8) is 0 Å². The highest BCUT2D eigenvalue weighted by atomic mass is 31.2. The van der Waals surface area contributed by atoms with E-state index >= 15 is 0 Å². The van der Waals surface area contributed by atoms with E-state index in [9.17, 15) is 34.4 Å². The number of rotatable bonds is 30. The first-order valence-electron chi connectivity index (χ1n) is 20.0.